The topological polar surface area (TPSA) is 92.8 Å². The number of carbonyl (C=O) groups is 4. The third kappa shape index (κ3) is 1.66. The Bertz CT molecular complexity index is 420. The minimum absolute atomic E-state index is 0.127. The SMILES string of the molecule is CNC(=O)N(C)C(=O)C1(C(=O)OC)C(=O)CC1C. The van der Waals surface area contributed by atoms with Crippen molar-refractivity contribution in [2.45, 2.75) is 13.3 Å². The Morgan fingerprint density at radius 3 is 2.33 bits per heavy atom. The van der Waals surface area contributed by atoms with Gasteiger partial charge in [0.25, 0.3) is 5.91 Å². The molecule has 2 unspecified atom stereocenters. The number of nitrogens with zero attached hydrogens (tertiary/aromatic N) is 1. The van der Waals surface area contributed by atoms with Gasteiger partial charge in [-0.05, 0) is 5.92 Å². The Labute approximate surface area is 104 Å². The van der Waals surface area contributed by atoms with Crippen LogP contribution >= 0.6 is 0 Å². The number of Topliss-reactive ketones (excluding diaryl/α,β-unsaturated/α-hetero) is 1. The average Bonchev–Trinajstić information content (AvgIpc) is 2.36. The van der Waals surface area contributed by atoms with Crippen LogP contribution in [0.3, 0.4) is 0 Å². The molecule has 0 aromatic carbocycles. The molecule has 0 aliphatic heterocycles. The number of nitrogens with one attached hydrogen (secondary N) is 1. The summed E-state index contributed by atoms with van der Waals surface area (Å²) in [6.07, 6.45) is 0.127. The first-order valence-corrected chi connectivity index (χ1v) is 5.45. The van der Waals surface area contributed by atoms with E-state index in [2.05, 4.69) is 10.1 Å². The van der Waals surface area contributed by atoms with E-state index in [1.54, 1.807) is 6.92 Å². The molecule has 1 aliphatic rings. The second-order valence-corrected chi connectivity index (χ2v) is 4.25. The first-order chi connectivity index (χ1) is 8.33. The monoisotopic (exact) mass is 256 g/mol. The molecule has 1 fully saturated rings. The molecule has 2 atom stereocenters. The second-order valence-electron chi connectivity index (χ2n) is 4.25. The molecule has 0 aromatic heterocycles. The standard InChI is InChI=1S/C11H16N2O5/c1-6-5-7(14)11(6,9(16)18-4)8(15)13(3)10(17)12-2/h6H,5H2,1-4H3,(H,12,17). The number of ether oxygens (including phenoxy) is 1. The van der Waals surface area contributed by atoms with Crippen LogP contribution in [0.15, 0.2) is 0 Å². The molecule has 0 bridgehead atoms. The fourth-order valence-corrected chi connectivity index (χ4v) is 2.15. The highest BCUT2D eigenvalue weighted by atomic mass is 16.5. The zero-order valence-electron chi connectivity index (χ0n) is 10.8. The van der Waals surface area contributed by atoms with E-state index in [1.807, 2.05) is 0 Å². The van der Waals surface area contributed by atoms with E-state index in [-0.39, 0.29) is 6.42 Å². The fourth-order valence-electron chi connectivity index (χ4n) is 2.15. The molecule has 0 heterocycles. The van der Waals surface area contributed by atoms with Gasteiger partial charge in [0.2, 0.25) is 5.41 Å². The van der Waals surface area contributed by atoms with Crippen molar-refractivity contribution in [1.29, 1.82) is 0 Å². The number of hydrogen-bond donors (Lipinski definition) is 1. The van der Waals surface area contributed by atoms with Gasteiger partial charge in [-0.1, -0.05) is 6.92 Å². The molecular formula is C11H16N2O5. The molecule has 0 aromatic rings. The highest BCUT2D eigenvalue weighted by molar-refractivity contribution is 6.27. The lowest BCUT2D eigenvalue weighted by Crippen LogP contribution is -2.64. The van der Waals surface area contributed by atoms with Gasteiger partial charge in [0.1, 0.15) is 0 Å². The first kappa shape index (κ1) is 14.1. The molecule has 0 spiro atoms. The number of ketones is 1. The Kier molecular flexibility index (Phi) is 3.73. The third-order valence-electron chi connectivity index (χ3n) is 3.34. The maximum Gasteiger partial charge on any atom is 0.329 e. The average molecular weight is 256 g/mol. The lowest BCUT2D eigenvalue weighted by atomic mass is 9.58. The molecule has 0 radical (unpaired) electrons. The van der Waals surface area contributed by atoms with Gasteiger partial charge in [-0.3, -0.25) is 19.3 Å². The van der Waals surface area contributed by atoms with E-state index in [4.69, 9.17) is 0 Å². The highest BCUT2D eigenvalue weighted by Gasteiger charge is 2.66. The Morgan fingerprint density at radius 2 is 2.00 bits per heavy atom. The number of carbonyl (C=O) groups excluding carboxylic acids is 4. The van der Waals surface area contributed by atoms with Gasteiger partial charge in [0, 0.05) is 20.5 Å². The van der Waals surface area contributed by atoms with Crippen LogP contribution in [0.1, 0.15) is 13.3 Å². The van der Waals surface area contributed by atoms with E-state index in [1.165, 1.54) is 14.1 Å². The molecule has 3 amide bonds. The molecule has 0 saturated heterocycles. The van der Waals surface area contributed by atoms with Crippen molar-refractivity contribution in [2.75, 3.05) is 21.2 Å². The van der Waals surface area contributed by atoms with Gasteiger partial charge in [0.05, 0.1) is 7.11 Å². The maximum absolute atomic E-state index is 12.2. The molecular weight excluding hydrogens is 240 g/mol. The lowest BCUT2D eigenvalue weighted by molar-refractivity contribution is -0.178. The van der Waals surface area contributed by atoms with Gasteiger partial charge in [0.15, 0.2) is 5.78 Å². The van der Waals surface area contributed by atoms with Crippen molar-refractivity contribution in [3.05, 3.63) is 0 Å². The van der Waals surface area contributed by atoms with Crippen molar-refractivity contribution < 1.29 is 23.9 Å². The summed E-state index contributed by atoms with van der Waals surface area (Å²) in [6, 6.07) is -0.685. The molecule has 100 valence electrons. The molecule has 1 aliphatic carbocycles. The summed E-state index contributed by atoms with van der Waals surface area (Å²) >= 11 is 0. The molecule has 1 rings (SSSR count). The van der Waals surface area contributed by atoms with Crippen molar-refractivity contribution in [3.8, 4) is 0 Å². The van der Waals surface area contributed by atoms with Gasteiger partial charge in [-0.25, -0.2) is 4.79 Å². The van der Waals surface area contributed by atoms with Crippen molar-refractivity contribution in [1.82, 2.24) is 10.2 Å². The Balaban J connectivity index is 3.14. The number of hydrogen-bond acceptors (Lipinski definition) is 5. The molecule has 18 heavy (non-hydrogen) atoms. The van der Waals surface area contributed by atoms with E-state index >= 15 is 0 Å². The van der Waals surface area contributed by atoms with E-state index in [0.29, 0.717) is 0 Å². The van der Waals surface area contributed by atoms with Gasteiger partial charge in [-0.15, -0.1) is 0 Å². The van der Waals surface area contributed by atoms with Crippen LogP contribution < -0.4 is 5.32 Å². The van der Waals surface area contributed by atoms with E-state index < -0.39 is 35.0 Å². The summed E-state index contributed by atoms with van der Waals surface area (Å²) in [5, 5.41) is 2.26. The summed E-state index contributed by atoms with van der Waals surface area (Å²) in [4.78, 5) is 47.8. The summed E-state index contributed by atoms with van der Waals surface area (Å²) in [5.41, 5.74) is -1.87. The highest BCUT2D eigenvalue weighted by Crippen LogP contribution is 2.45. The van der Waals surface area contributed by atoms with Crippen molar-refractivity contribution >= 4 is 23.7 Å². The number of imide groups is 1. The van der Waals surface area contributed by atoms with E-state index in [9.17, 15) is 19.2 Å². The normalized spacial score (nSPS) is 26.0. The van der Waals surface area contributed by atoms with Gasteiger partial charge < -0.3 is 10.1 Å². The number of rotatable bonds is 2. The fraction of sp³-hybridized carbons (Fsp3) is 0.636. The van der Waals surface area contributed by atoms with Crippen LogP contribution in [0.25, 0.3) is 0 Å². The predicted molar refractivity (Wildman–Crippen MR) is 60.5 cm³/mol. The second kappa shape index (κ2) is 4.75. The zero-order chi connectivity index (χ0) is 14.1. The van der Waals surface area contributed by atoms with Crippen LogP contribution in [0, 0.1) is 11.3 Å². The summed E-state index contributed by atoms with van der Waals surface area (Å²) in [7, 11) is 3.67. The van der Waals surface area contributed by atoms with Crippen LogP contribution in [-0.2, 0) is 19.1 Å². The predicted octanol–water partition coefficient (Wildman–Crippen LogP) is -0.447. The number of amides is 3. The minimum Gasteiger partial charge on any atom is -0.468 e. The molecule has 1 saturated carbocycles. The van der Waals surface area contributed by atoms with Crippen molar-refractivity contribution in [3.63, 3.8) is 0 Å². The zero-order valence-corrected chi connectivity index (χ0v) is 10.8. The Hall–Kier alpha value is -1.92. The van der Waals surface area contributed by atoms with Gasteiger partial charge in [-0.2, -0.15) is 0 Å². The lowest BCUT2D eigenvalue weighted by Gasteiger charge is -2.42. The Morgan fingerprint density at radius 1 is 1.44 bits per heavy atom. The van der Waals surface area contributed by atoms with E-state index in [0.717, 1.165) is 12.0 Å². The number of esters is 1. The van der Waals surface area contributed by atoms with Crippen LogP contribution in [0.5, 0.6) is 0 Å². The van der Waals surface area contributed by atoms with Crippen LogP contribution in [0.4, 0.5) is 4.79 Å². The number of urea groups is 1. The third-order valence-corrected chi connectivity index (χ3v) is 3.34. The summed E-state index contributed by atoms with van der Waals surface area (Å²) in [6.45, 7) is 1.61. The van der Waals surface area contributed by atoms with Crippen molar-refractivity contribution in [2.24, 2.45) is 11.3 Å². The van der Waals surface area contributed by atoms with Gasteiger partial charge >= 0.3 is 12.0 Å². The molecule has 7 heteroatoms. The smallest absolute Gasteiger partial charge is 0.329 e. The van der Waals surface area contributed by atoms with Crippen LogP contribution in [0.2, 0.25) is 0 Å². The molecule has 1 N–H and O–H groups in total. The summed E-state index contributed by atoms with van der Waals surface area (Å²) in [5.74, 6) is -2.75. The first-order valence-electron chi connectivity index (χ1n) is 5.45. The minimum atomic E-state index is -1.87. The van der Waals surface area contributed by atoms with Crippen LogP contribution in [-0.4, -0.2) is 49.8 Å². The largest absolute Gasteiger partial charge is 0.468 e. The number of methoxy groups -OCH3 is 1. The quantitative estimate of drug-likeness (QED) is 0.533. The molecule has 7 nitrogen and oxygen atoms in total. The summed E-state index contributed by atoms with van der Waals surface area (Å²) < 4.78 is 4.54. The maximum atomic E-state index is 12.2.